The van der Waals surface area contributed by atoms with Gasteiger partial charge in [0.15, 0.2) is 28.1 Å². The molecular weight excluding hydrogens is 615 g/mol. The minimum atomic E-state index is -4.40. The number of anilines is 2. The minimum Gasteiger partial charge on any atom is -0.465 e. The number of alkyl halides is 3. The van der Waals surface area contributed by atoms with Crippen molar-refractivity contribution >= 4 is 48.2 Å². The van der Waals surface area contributed by atoms with Crippen LogP contribution in [-0.4, -0.2) is 79.4 Å². The van der Waals surface area contributed by atoms with Gasteiger partial charge in [0.2, 0.25) is 5.95 Å². The first kappa shape index (κ1) is 31.3. The van der Waals surface area contributed by atoms with Gasteiger partial charge < -0.3 is 30.2 Å². The standard InChI is InChI=1S/C25H31ClF2N7O7P/c1-3-39-21(37)13(2)34-43(38,42-15-7-5-4-6-8-15)40-11-16-18(36)25(26,22(27)28)23(41-16)35-12-30-17-19(31-14-9-10-14)32-24(29)33-20(17)35/h4-8,12-14,16,18,22-23,36H,3,9-11H2,1-2H3,(H,34,38)(H3,29,31,32,33)/t13-,16+,18+,23+,25-,43-/m0/s1. The Kier molecular flexibility index (Phi) is 9.07. The Balaban J connectivity index is 1.41. The second-order valence-corrected chi connectivity index (χ2v) is 12.4. The quantitative estimate of drug-likeness (QED) is 0.121. The van der Waals surface area contributed by atoms with Gasteiger partial charge >= 0.3 is 13.7 Å². The van der Waals surface area contributed by atoms with Gasteiger partial charge in [0.25, 0.3) is 6.43 Å². The first-order chi connectivity index (χ1) is 20.4. The fourth-order valence-electron chi connectivity index (χ4n) is 4.49. The van der Waals surface area contributed by atoms with Crippen molar-refractivity contribution in [2.24, 2.45) is 0 Å². The lowest BCUT2D eigenvalue weighted by Crippen LogP contribution is -2.48. The normalized spacial score (nSPS) is 25.9. The average molecular weight is 646 g/mol. The van der Waals surface area contributed by atoms with E-state index in [9.17, 15) is 23.2 Å². The van der Waals surface area contributed by atoms with Crippen LogP contribution in [-0.2, 0) is 23.4 Å². The average Bonchev–Trinajstić information content (AvgIpc) is 3.62. The zero-order valence-electron chi connectivity index (χ0n) is 23.1. The molecule has 234 valence electrons. The number of ether oxygens (including phenoxy) is 2. The first-order valence-corrected chi connectivity index (χ1v) is 15.4. The van der Waals surface area contributed by atoms with Crippen molar-refractivity contribution < 1.29 is 41.8 Å². The highest BCUT2D eigenvalue weighted by molar-refractivity contribution is 7.52. The zero-order valence-corrected chi connectivity index (χ0v) is 24.8. The van der Waals surface area contributed by atoms with Crippen LogP contribution in [0.1, 0.15) is 32.9 Å². The van der Waals surface area contributed by atoms with Gasteiger partial charge in [0.05, 0.1) is 19.5 Å². The summed E-state index contributed by atoms with van der Waals surface area (Å²) in [5.41, 5.74) is 6.17. The Labute approximate surface area is 249 Å². The van der Waals surface area contributed by atoms with Crippen LogP contribution in [0, 0.1) is 0 Å². The number of fused-ring (bicyclic) bond motifs is 1. The second kappa shape index (κ2) is 12.5. The Morgan fingerprint density at radius 3 is 2.70 bits per heavy atom. The second-order valence-electron chi connectivity index (χ2n) is 10.1. The van der Waals surface area contributed by atoms with Crippen LogP contribution < -0.4 is 20.7 Å². The van der Waals surface area contributed by atoms with Gasteiger partial charge in [-0.2, -0.15) is 15.1 Å². The van der Waals surface area contributed by atoms with E-state index in [0.29, 0.717) is 5.82 Å². The largest absolute Gasteiger partial charge is 0.465 e. The zero-order chi connectivity index (χ0) is 30.9. The predicted octanol–water partition coefficient (Wildman–Crippen LogP) is 3.23. The molecule has 0 unspecified atom stereocenters. The lowest BCUT2D eigenvalue weighted by molar-refractivity contribution is -0.144. The number of para-hydroxylation sites is 1. The van der Waals surface area contributed by atoms with E-state index in [1.54, 1.807) is 25.1 Å². The highest BCUT2D eigenvalue weighted by atomic mass is 35.5. The van der Waals surface area contributed by atoms with Crippen molar-refractivity contribution in [2.45, 2.75) is 68.5 Å². The lowest BCUT2D eigenvalue weighted by atomic mass is 9.99. The van der Waals surface area contributed by atoms with Gasteiger partial charge in [-0.1, -0.05) is 18.2 Å². The van der Waals surface area contributed by atoms with E-state index in [-0.39, 0.29) is 35.5 Å². The molecule has 6 atom stereocenters. The van der Waals surface area contributed by atoms with Crippen molar-refractivity contribution in [1.29, 1.82) is 0 Å². The van der Waals surface area contributed by atoms with Crippen molar-refractivity contribution in [3.8, 4) is 5.75 Å². The molecule has 3 aromatic rings. The van der Waals surface area contributed by atoms with Gasteiger partial charge in [-0.25, -0.2) is 18.3 Å². The van der Waals surface area contributed by atoms with Crippen molar-refractivity contribution in [2.75, 3.05) is 24.3 Å². The van der Waals surface area contributed by atoms with Crippen molar-refractivity contribution in [3.63, 3.8) is 0 Å². The number of carbonyl (C=O) groups is 1. The number of nitrogen functional groups attached to an aromatic ring is 1. The summed E-state index contributed by atoms with van der Waals surface area (Å²) in [6.07, 6.45) is -5.57. The maximum absolute atomic E-state index is 14.6. The summed E-state index contributed by atoms with van der Waals surface area (Å²) in [7, 11) is -4.40. The summed E-state index contributed by atoms with van der Waals surface area (Å²) in [6.45, 7) is 2.32. The molecule has 5 rings (SSSR count). The van der Waals surface area contributed by atoms with E-state index < -0.39 is 56.1 Å². The molecule has 1 aromatic carbocycles. The number of carbonyl (C=O) groups excluding carboxylic acids is 1. The third kappa shape index (κ3) is 6.54. The SMILES string of the molecule is CCOC(=O)[C@H](C)N[P@](=O)(OC[C@H]1O[C@@H](n2cnc3c(NC4CC4)nc(N)nc32)[C@@](Cl)(C(F)F)[C@@H]1O)Oc1ccccc1. The number of aliphatic hydroxyl groups is 1. The molecule has 18 heteroatoms. The summed E-state index contributed by atoms with van der Waals surface area (Å²) < 4.78 is 65.9. The fraction of sp³-hybridized carbons (Fsp3) is 0.520. The smallest absolute Gasteiger partial charge is 0.459 e. The fourth-order valence-corrected chi connectivity index (χ4v) is 6.29. The minimum absolute atomic E-state index is 0.0445. The van der Waals surface area contributed by atoms with Crippen LogP contribution in [0.5, 0.6) is 5.75 Å². The number of halogens is 3. The van der Waals surface area contributed by atoms with Crippen molar-refractivity contribution in [3.05, 3.63) is 36.7 Å². The topological polar surface area (TPSA) is 185 Å². The molecule has 1 saturated heterocycles. The van der Waals surface area contributed by atoms with E-state index >= 15 is 0 Å². The van der Waals surface area contributed by atoms with Gasteiger partial charge in [-0.05, 0) is 38.8 Å². The van der Waals surface area contributed by atoms with Gasteiger partial charge in [-0.3, -0.25) is 13.9 Å². The van der Waals surface area contributed by atoms with Crippen LogP contribution >= 0.6 is 19.3 Å². The molecule has 1 aliphatic carbocycles. The van der Waals surface area contributed by atoms with E-state index in [0.717, 1.165) is 17.4 Å². The number of nitrogens with zero attached hydrogens (tertiary/aromatic N) is 4. The molecule has 0 bridgehead atoms. The molecule has 14 nitrogen and oxygen atoms in total. The molecule has 2 aromatic heterocycles. The first-order valence-electron chi connectivity index (χ1n) is 13.5. The maximum atomic E-state index is 14.6. The molecule has 2 aliphatic rings. The van der Waals surface area contributed by atoms with Crippen LogP contribution in [0.2, 0.25) is 0 Å². The molecule has 2 fully saturated rings. The Bertz CT molecular complexity index is 1500. The van der Waals surface area contributed by atoms with E-state index in [2.05, 4.69) is 25.4 Å². The molecule has 0 amide bonds. The third-order valence-corrected chi connectivity index (χ3v) is 9.02. The molecule has 3 heterocycles. The highest BCUT2D eigenvalue weighted by Crippen LogP contribution is 2.51. The third-order valence-electron chi connectivity index (χ3n) is 6.80. The van der Waals surface area contributed by atoms with Gasteiger partial charge in [0.1, 0.15) is 24.0 Å². The summed E-state index contributed by atoms with van der Waals surface area (Å²) in [5.74, 6) is -0.437. The number of benzene rings is 1. The summed E-state index contributed by atoms with van der Waals surface area (Å²) in [4.78, 5) is 22.1. The number of imidazole rings is 1. The Hall–Kier alpha value is -3.14. The molecule has 0 spiro atoms. The number of rotatable bonds is 13. The molecule has 0 radical (unpaired) electrons. The number of esters is 1. The molecule has 1 aliphatic heterocycles. The van der Waals surface area contributed by atoms with E-state index in [4.69, 9.17) is 35.9 Å². The molecular formula is C25H31ClF2N7O7P. The predicted molar refractivity (Wildman–Crippen MR) is 151 cm³/mol. The highest BCUT2D eigenvalue weighted by Gasteiger charge is 2.62. The number of hydrogen-bond donors (Lipinski definition) is 4. The Morgan fingerprint density at radius 1 is 1.33 bits per heavy atom. The number of nitrogens with two attached hydrogens (primary N) is 1. The summed E-state index contributed by atoms with van der Waals surface area (Å²) in [5, 5.41) is 16.7. The van der Waals surface area contributed by atoms with E-state index in [1.807, 2.05) is 0 Å². The number of nitrogens with one attached hydrogen (secondary N) is 2. The van der Waals surface area contributed by atoms with Crippen LogP contribution in [0.4, 0.5) is 20.5 Å². The van der Waals surface area contributed by atoms with Crippen molar-refractivity contribution in [1.82, 2.24) is 24.6 Å². The summed E-state index contributed by atoms with van der Waals surface area (Å²) >= 11 is 6.43. The van der Waals surface area contributed by atoms with Crippen LogP contribution in [0.3, 0.4) is 0 Å². The monoisotopic (exact) mass is 645 g/mol. The van der Waals surface area contributed by atoms with Gasteiger partial charge in [0, 0.05) is 6.04 Å². The number of aromatic nitrogens is 4. The van der Waals surface area contributed by atoms with E-state index in [1.165, 1.54) is 25.4 Å². The summed E-state index contributed by atoms with van der Waals surface area (Å²) in [6, 6.07) is 6.95. The molecule has 1 saturated carbocycles. The molecule has 5 N–H and O–H groups in total. The number of aliphatic hydroxyl groups excluding tert-OH is 1. The van der Waals surface area contributed by atoms with Gasteiger partial charge in [-0.15, -0.1) is 11.6 Å². The lowest BCUT2D eigenvalue weighted by Gasteiger charge is -2.29. The number of hydrogen-bond acceptors (Lipinski definition) is 12. The van der Waals surface area contributed by atoms with Crippen LogP contribution in [0.15, 0.2) is 36.7 Å². The Morgan fingerprint density at radius 2 is 2.05 bits per heavy atom. The molecule has 43 heavy (non-hydrogen) atoms. The maximum Gasteiger partial charge on any atom is 0.459 e. The van der Waals surface area contributed by atoms with Crippen LogP contribution in [0.25, 0.3) is 11.2 Å².